The lowest BCUT2D eigenvalue weighted by Crippen LogP contribution is -2.34. The van der Waals surface area contributed by atoms with Crippen molar-refractivity contribution in [2.45, 2.75) is 20.4 Å². The number of benzene rings is 2. The van der Waals surface area contributed by atoms with Gasteiger partial charge in [0.2, 0.25) is 0 Å². The van der Waals surface area contributed by atoms with Crippen LogP contribution >= 0.6 is 0 Å². The molecular formula is C18H20N2O3. The molecular weight excluding hydrogens is 292 g/mol. The van der Waals surface area contributed by atoms with E-state index in [0.29, 0.717) is 24.6 Å². The molecule has 5 nitrogen and oxygen atoms in total. The normalized spacial score (nSPS) is 10.0. The van der Waals surface area contributed by atoms with E-state index in [1.165, 1.54) is 0 Å². The van der Waals surface area contributed by atoms with Crippen molar-refractivity contribution in [3.63, 3.8) is 0 Å². The fourth-order valence-corrected chi connectivity index (χ4v) is 1.96. The van der Waals surface area contributed by atoms with Crippen molar-refractivity contribution in [3.8, 4) is 5.75 Å². The largest absolute Gasteiger partial charge is 0.494 e. The summed E-state index contributed by atoms with van der Waals surface area (Å²) in [7, 11) is 0. The molecule has 2 rings (SSSR count). The fraction of sp³-hybridized carbons (Fsp3) is 0.222. The molecule has 0 saturated heterocycles. The van der Waals surface area contributed by atoms with Crippen LogP contribution < -0.4 is 15.4 Å². The number of hydrogen-bond donors (Lipinski definition) is 2. The monoisotopic (exact) mass is 312 g/mol. The smallest absolute Gasteiger partial charge is 0.313 e. The van der Waals surface area contributed by atoms with E-state index in [9.17, 15) is 9.59 Å². The highest BCUT2D eigenvalue weighted by Gasteiger charge is 2.13. The van der Waals surface area contributed by atoms with Gasteiger partial charge in [0.1, 0.15) is 5.75 Å². The number of anilines is 1. The summed E-state index contributed by atoms with van der Waals surface area (Å²) in [6, 6.07) is 14.6. The first kappa shape index (κ1) is 16.5. The van der Waals surface area contributed by atoms with Gasteiger partial charge in [0.25, 0.3) is 0 Å². The van der Waals surface area contributed by atoms with Gasteiger partial charge in [-0.25, -0.2) is 0 Å². The van der Waals surface area contributed by atoms with Gasteiger partial charge in [0.05, 0.1) is 6.61 Å². The van der Waals surface area contributed by atoms with E-state index in [1.807, 2.05) is 38.1 Å². The minimum absolute atomic E-state index is 0.315. The second-order valence-corrected chi connectivity index (χ2v) is 5.08. The van der Waals surface area contributed by atoms with E-state index in [1.54, 1.807) is 24.3 Å². The highest BCUT2D eigenvalue weighted by Crippen LogP contribution is 2.15. The second-order valence-electron chi connectivity index (χ2n) is 5.08. The molecule has 23 heavy (non-hydrogen) atoms. The molecule has 5 heteroatoms. The number of amides is 2. The molecule has 120 valence electrons. The Morgan fingerprint density at radius 1 is 0.957 bits per heavy atom. The van der Waals surface area contributed by atoms with Crippen molar-refractivity contribution in [3.05, 3.63) is 59.7 Å². The van der Waals surface area contributed by atoms with Crippen LogP contribution in [0, 0.1) is 6.92 Å². The summed E-state index contributed by atoms with van der Waals surface area (Å²) < 4.78 is 5.32. The molecule has 0 fully saturated rings. The number of hydrogen-bond acceptors (Lipinski definition) is 3. The summed E-state index contributed by atoms with van der Waals surface area (Å²) in [5.74, 6) is -0.643. The molecule has 2 amide bonds. The van der Waals surface area contributed by atoms with Crippen LogP contribution in [0.2, 0.25) is 0 Å². The summed E-state index contributed by atoms with van der Waals surface area (Å²) in [4.78, 5) is 23.7. The summed E-state index contributed by atoms with van der Waals surface area (Å²) >= 11 is 0. The molecule has 2 aromatic carbocycles. The summed E-state index contributed by atoms with van der Waals surface area (Å²) in [6.45, 7) is 4.78. The predicted molar refractivity (Wildman–Crippen MR) is 89.3 cm³/mol. The molecule has 0 aliphatic rings. The number of carbonyl (C=O) groups is 2. The maximum Gasteiger partial charge on any atom is 0.313 e. The lowest BCUT2D eigenvalue weighted by atomic mass is 10.1. The van der Waals surface area contributed by atoms with E-state index < -0.39 is 11.8 Å². The lowest BCUT2D eigenvalue weighted by Gasteiger charge is -2.08. The Kier molecular flexibility index (Phi) is 5.74. The third kappa shape index (κ3) is 5.14. The van der Waals surface area contributed by atoms with Crippen LogP contribution in [0.5, 0.6) is 5.75 Å². The van der Waals surface area contributed by atoms with Gasteiger partial charge in [0.15, 0.2) is 0 Å². The van der Waals surface area contributed by atoms with Gasteiger partial charge in [-0.1, -0.05) is 29.8 Å². The molecule has 0 atom stereocenters. The Labute approximate surface area is 135 Å². The van der Waals surface area contributed by atoms with Crippen LogP contribution in [-0.4, -0.2) is 18.4 Å². The van der Waals surface area contributed by atoms with Crippen LogP contribution in [0.3, 0.4) is 0 Å². The molecule has 0 aromatic heterocycles. The summed E-state index contributed by atoms with van der Waals surface area (Å²) in [6.07, 6.45) is 0. The second kappa shape index (κ2) is 7.98. The minimum Gasteiger partial charge on any atom is -0.494 e. The van der Waals surface area contributed by atoms with Crippen molar-refractivity contribution < 1.29 is 14.3 Å². The summed E-state index contributed by atoms with van der Waals surface area (Å²) in [5, 5.41) is 5.14. The maximum atomic E-state index is 11.8. The van der Waals surface area contributed by atoms with Crippen LogP contribution in [0.1, 0.15) is 18.1 Å². The fourth-order valence-electron chi connectivity index (χ4n) is 1.96. The van der Waals surface area contributed by atoms with Gasteiger partial charge in [-0.3, -0.25) is 9.59 Å². The van der Waals surface area contributed by atoms with Crippen LogP contribution in [-0.2, 0) is 16.1 Å². The van der Waals surface area contributed by atoms with Crippen molar-refractivity contribution in [1.29, 1.82) is 0 Å². The van der Waals surface area contributed by atoms with Crippen molar-refractivity contribution in [1.82, 2.24) is 5.32 Å². The zero-order valence-electron chi connectivity index (χ0n) is 13.3. The molecule has 2 N–H and O–H groups in total. The molecule has 0 aliphatic heterocycles. The minimum atomic E-state index is -0.693. The Morgan fingerprint density at radius 3 is 2.22 bits per heavy atom. The first-order valence-corrected chi connectivity index (χ1v) is 7.46. The van der Waals surface area contributed by atoms with Crippen LogP contribution in [0.4, 0.5) is 5.69 Å². The van der Waals surface area contributed by atoms with Crippen LogP contribution in [0.15, 0.2) is 48.5 Å². The average molecular weight is 312 g/mol. The lowest BCUT2D eigenvalue weighted by molar-refractivity contribution is -0.136. The number of aryl methyl sites for hydroxylation is 1. The molecule has 0 saturated carbocycles. The molecule has 2 aromatic rings. The Morgan fingerprint density at radius 2 is 1.61 bits per heavy atom. The Balaban J connectivity index is 1.84. The molecule has 0 heterocycles. The van der Waals surface area contributed by atoms with Gasteiger partial charge in [-0.15, -0.1) is 0 Å². The van der Waals surface area contributed by atoms with Gasteiger partial charge in [-0.2, -0.15) is 0 Å². The number of ether oxygens (including phenoxy) is 1. The number of carbonyl (C=O) groups excluding carboxylic acids is 2. The Bertz CT molecular complexity index is 664. The third-order valence-electron chi connectivity index (χ3n) is 3.20. The van der Waals surface area contributed by atoms with Gasteiger partial charge < -0.3 is 15.4 Å². The first-order chi connectivity index (χ1) is 11.1. The summed E-state index contributed by atoms with van der Waals surface area (Å²) in [5.41, 5.74) is 2.63. The van der Waals surface area contributed by atoms with E-state index in [0.717, 1.165) is 11.1 Å². The Hall–Kier alpha value is -2.82. The highest BCUT2D eigenvalue weighted by molar-refractivity contribution is 6.39. The van der Waals surface area contributed by atoms with E-state index in [2.05, 4.69) is 10.6 Å². The molecule has 0 bridgehead atoms. The average Bonchev–Trinajstić information content (AvgIpc) is 2.56. The van der Waals surface area contributed by atoms with E-state index in [4.69, 9.17) is 4.74 Å². The molecule has 0 unspecified atom stereocenters. The quantitative estimate of drug-likeness (QED) is 0.834. The zero-order chi connectivity index (χ0) is 16.7. The standard InChI is InChI=1S/C18H20N2O3/c1-3-23-16-10-8-15(9-11-16)20-18(22)17(21)19-12-14-6-4-13(2)5-7-14/h4-11H,3,12H2,1-2H3,(H,19,21)(H,20,22). The van der Waals surface area contributed by atoms with Crippen molar-refractivity contribution in [2.75, 3.05) is 11.9 Å². The van der Waals surface area contributed by atoms with Crippen LogP contribution in [0.25, 0.3) is 0 Å². The van der Waals surface area contributed by atoms with Crippen molar-refractivity contribution in [2.24, 2.45) is 0 Å². The van der Waals surface area contributed by atoms with Gasteiger partial charge >= 0.3 is 11.8 Å². The zero-order valence-corrected chi connectivity index (χ0v) is 13.3. The SMILES string of the molecule is CCOc1ccc(NC(=O)C(=O)NCc2ccc(C)cc2)cc1. The highest BCUT2D eigenvalue weighted by atomic mass is 16.5. The molecule has 0 radical (unpaired) electrons. The number of nitrogens with one attached hydrogen (secondary N) is 2. The topological polar surface area (TPSA) is 67.4 Å². The van der Waals surface area contributed by atoms with Gasteiger partial charge in [0, 0.05) is 12.2 Å². The third-order valence-corrected chi connectivity index (χ3v) is 3.20. The maximum absolute atomic E-state index is 11.8. The molecule has 0 spiro atoms. The van der Waals surface area contributed by atoms with Crippen molar-refractivity contribution >= 4 is 17.5 Å². The molecule has 0 aliphatic carbocycles. The van der Waals surface area contributed by atoms with E-state index >= 15 is 0 Å². The predicted octanol–water partition coefficient (Wildman–Crippen LogP) is 2.65. The van der Waals surface area contributed by atoms with E-state index in [-0.39, 0.29) is 0 Å². The number of rotatable bonds is 5. The van der Waals surface area contributed by atoms with Gasteiger partial charge in [-0.05, 0) is 43.7 Å². The first-order valence-electron chi connectivity index (χ1n) is 7.46.